The summed E-state index contributed by atoms with van der Waals surface area (Å²) in [6, 6.07) is 1.51. The minimum atomic E-state index is -1.27. The lowest BCUT2D eigenvalue weighted by Gasteiger charge is -2.34. The van der Waals surface area contributed by atoms with Crippen LogP contribution in [0.3, 0.4) is 0 Å². The molecule has 0 bridgehead atoms. The van der Waals surface area contributed by atoms with Crippen LogP contribution in [-0.4, -0.2) is 24.9 Å². The molecular weight excluding hydrogens is 308 g/mol. The number of carbonyl (C=O) groups is 2. The van der Waals surface area contributed by atoms with Crippen LogP contribution >= 0.6 is 0 Å². The highest BCUT2D eigenvalue weighted by atomic mass is 19.2. The van der Waals surface area contributed by atoms with Gasteiger partial charge in [0.05, 0.1) is 0 Å². The molecule has 0 saturated carbocycles. The van der Waals surface area contributed by atoms with Crippen molar-refractivity contribution in [1.29, 1.82) is 0 Å². The molecule has 0 radical (unpaired) electrons. The summed E-state index contributed by atoms with van der Waals surface area (Å²) in [7, 11) is 0. The average molecular weight is 327 g/mol. The quantitative estimate of drug-likeness (QED) is 0.615. The summed E-state index contributed by atoms with van der Waals surface area (Å²) in [4.78, 5) is 24.3. The number of anilines is 1. The summed E-state index contributed by atoms with van der Waals surface area (Å²) < 4.78 is 38.4. The number of halogens is 2. The third kappa shape index (κ3) is 3.28. The summed E-state index contributed by atoms with van der Waals surface area (Å²) in [5, 5.41) is 0. The summed E-state index contributed by atoms with van der Waals surface area (Å²) in [5.74, 6) is -3.21. The maximum absolute atomic E-state index is 14.3. The van der Waals surface area contributed by atoms with E-state index in [2.05, 4.69) is 0 Å². The molecule has 0 amide bonds. The second-order valence-corrected chi connectivity index (χ2v) is 5.12. The minimum Gasteiger partial charge on any atom is -0.405 e. The minimum absolute atomic E-state index is 0.152. The van der Waals surface area contributed by atoms with Gasteiger partial charge in [-0.2, -0.15) is 0 Å². The molecule has 7 heteroatoms. The normalized spacial score (nSPS) is 15.3. The maximum Gasteiger partial charge on any atom is 0.332 e. The van der Waals surface area contributed by atoms with E-state index in [1.807, 2.05) is 0 Å². The lowest BCUT2D eigenvalue weighted by atomic mass is 10.0. The van der Waals surface area contributed by atoms with Crippen molar-refractivity contribution < 1.29 is 27.8 Å². The van der Waals surface area contributed by atoms with E-state index in [9.17, 15) is 18.4 Å². The van der Waals surface area contributed by atoms with Gasteiger partial charge < -0.3 is 14.4 Å². The van der Waals surface area contributed by atoms with Gasteiger partial charge in [0.15, 0.2) is 11.6 Å². The predicted molar refractivity (Wildman–Crippen MR) is 78.7 cm³/mol. The molecule has 126 valence electrons. The molecule has 1 aliphatic heterocycles. The fourth-order valence-electron chi connectivity index (χ4n) is 2.56. The Balaban J connectivity index is 2.50. The molecule has 1 heterocycles. The predicted octanol–water partition coefficient (Wildman–Crippen LogP) is 2.69. The number of hydrogen-bond acceptors (Lipinski definition) is 5. The molecule has 0 aliphatic carbocycles. The van der Waals surface area contributed by atoms with Gasteiger partial charge in [-0.25, -0.2) is 8.78 Å². The van der Waals surface area contributed by atoms with Crippen LogP contribution in [0.1, 0.15) is 38.3 Å². The number of aryl methyl sites for hydroxylation is 1. The Kier molecular flexibility index (Phi) is 5.18. The SMILES string of the molecule is CCc1cc(N(CC)C2OC(=O)CC(=O)O2)c(CC)c(F)c1F. The van der Waals surface area contributed by atoms with Crippen LogP contribution < -0.4 is 4.90 Å². The Morgan fingerprint density at radius 2 is 1.70 bits per heavy atom. The van der Waals surface area contributed by atoms with Gasteiger partial charge in [0, 0.05) is 17.8 Å². The van der Waals surface area contributed by atoms with E-state index in [0.717, 1.165) is 0 Å². The van der Waals surface area contributed by atoms with E-state index in [-0.39, 0.29) is 24.1 Å². The van der Waals surface area contributed by atoms with E-state index >= 15 is 0 Å². The first kappa shape index (κ1) is 17.2. The van der Waals surface area contributed by atoms with Crippen LogP contribution in [0.4, 0.5) is 14.5 Å². The first-order valence-corrected chi connectivity index (χ1v) is 7.58. The van der Waals surface area contributed by atoms with Crippen LogP contribution in [0.25, 0.3) is 0 Å². The zero-order valence-corrected chi connectivity index (χ0v) is 13.3. The van der Waals surface area contributed by atoms with Crippen molar-refractivity contribution in [2.24, 2.45) is 0 Å². The average Bonchev–Trinajstić information content (AvgIpc) is 2.50. The van der Waals surface area contributed by atoms with Crippen molar-refractivity contribution in [3.05, 3.63) is 28.8 Å². The summed E-state index contributed by atoms with van der Waals surface area (Å²) >= 11 is 0. The maximum atomic E-state index is 14.3. The Morgan fingerprint density at radius 1 is 1.09 bits per heavy atom. The highest BCUT2D eigenvalue weighted by Gasteiger charge is 2.34. The molecule has 1 aromatic rings. The lowest BCUT2D eigenvalue weighted by Crippen LogP contribution is -2.46. The van der Waals surface area contributed by atoms with Gasteiger partial charge in [-0.15, -0.1) is 0 Å². The first-order chi connectivity index (χ1) is 10.9. The van der Waals surface area contributed by atoms with E-state index < -0.39 is 36.4 Å². The van der Waals surface area contributed by atoms with Gasteiger partial charge in [-0.05, 0) is 31.4 Å². The molecule has 1 aliphatic rings. The summed E-state index contributed by atoms with van der Waals surface area (Å²) in [6.07, 6.45) is -1.17. The molecule has 0 spiro atoms. The largest absolute Gasteiger partial charge is 0.405 e. The number of hydrogen-bond donors (Lipinski definition) is 0. The van der Waals surface area contributed by atoms with Gasteiger partial charge in [0.1, 0.15) is 6.42 Å². The van der Waals surface area contributed by atoms with Crippen molar-refractivity contribution >= 4 is 17.6 Å². The van der Waals surface area contributed by atoms with Gasteiger partial charge in [-0.3, -0.25) is 9.59 Å². The molecule has 5 nitrogen and oxygen atoms in total. The molecule has 0 aromatic heterocycles. The van der Waals surface area contributed by atoms with Crippen molar-refractivity contribution in [3.63, 3.8) is 0 Å². The Bertz CT molecular complexity index is 617. The molecule has 0 unspecified atom stereocenters. The van der Waals surface area contributed by atoms with Crippen molar-refractivity contribution in [1.82, 2.24) is 0 Å². The zero-order chi connectivity index (χ0) is 17.1. The Hall–Kier alpha value is -2.18. The van der Waals surface area contributed by atoms with E-state index in [4.69, 9.17) is 9.47 Å². The smallest absolute Gasteiger partial charge is 0.332 e. The van der Waals surface area contributed by atoms with Crippen LogP contribution in [0.15, 0.2) is 6.07 Å². The van der Waals surface area contributed by atoms with Crippen molar-refractivity contribution in [2.45, 2.75) is 46.4 Å². The lowest BCUT2D eigenvalue weighted by molar-refractivity contribution is -0.202. The first-order valence-electron chi connectivity index (χ1n) is 7.58. The molecule has 0 atom stereocenters. The Labute approximate surface area is 133 Å². The van der Waals surface area contributed by atoms with Gasteiger partial charge in [-0.1, -0.05) is 13.8 Å². The monoisotopic (exact) mass is 327 g/mol. The Morgan fingerprint density at radius 3 is 2.17 bits per heavy atom. The van der Waals surface area contributed by atoms with E-state index in [1.165, 1.54) is 11.0 Å². The fraction of sp³-hybridized carbons (Fsp3) is 0.500. The van der Waals surface area contributed by atoms with Gasteiger partial charge in [0.2, 0.25) is 0 Å². The number of carbonyl (C=O) groups excluding carboxylic acids is 2. The van der Waals surface area contributed by atoms with Gasteiger partial charge >= 0.3 is 18.4 Å². The zero-order valence-electron chi connectivity index (χ0n) is 13.3. The number of ether oxygens (including phenoxy) is 2. The van der Waals surface area contributed by atoms with Crippen LogP contribution in [0, 0.1) is 11.6 Å². The molecule has 23 heavy (non-hydrogen) atoms. The molecule has 1 fully saturated rings. The number of esters is 2. The molecule has 2 rings (SSSR count). The highest BCUT2D eigenvalue weighted by Crippen LogP contribution is 2.31. The van der Waals surface area contributed by atoms with Gasteiger partial charge in [0.25, 0.3) is 0 Å². The standard InChI is InChI=1S/C16H19F2NO4/c1-4-9-7-11(10(5-2)15(18)14(9)17)19(6-3)16-22-12(20)8-13(21)23-16/h7,16H,4-6,8H2,1-3H3. The number of benzene rings is 1. The van der Waals surface area contributed by atoms with Crippen LogP contribution in [0.5, 0.6) is 0 Å². The second-order valence-electron chi connectivity index (χ2n) is 5.12. The highest BCUT2D eigenvalue weighted by molar-refractivity contribution is 5.92. The third-order valence-corrected chi connectivity index (χ3v) is 3.75. The van der Waals surface area contributed by atoms with Crippen LogP contribution in [-0.2, 0) is 31.9 Å². The molecule has 1 saturated heterocycles. The van der Waals surface area contributed by atoms with Crippen molar-refractivity contribution in [2.75, 3.05) is 11.4 Å². The third-order valence-electron chi connectivity index (χ3n) is 3.75. The topological polar surface area (TPSA) is 55.8 Å². The van der Waals surface area contributed by atoms with Crippen LogP contribution in [0.2, 0.25) is 0 Å². The number of rotatable bonds is 5. The molecule has 1 aromatic carbocycles. The number of cyclic esters (lactones) is 2. The van der Waals surface area contributed by atoms with E-state index in [1.54, 1.807) is 20.8 Å². The summed E-state index contributed by atoms with van der Waals surface area (Å²) in [6.45, 7) is 5.43. The van der Waals surface area contributed by atoms with Crippen molar-refractivity contribution in [3.8, 4) is 0 Å². The molecular formula is C16H19F2NO4. The number of nitrogens with zero attached hydrogens (tertiary/aromatic N) is 1. The second kappa shape index (κ2) is 6.93. The van der Waals surface area contributed by atoms with E-state index in [0.29, 0.717) is 12.1 Å². The summed E-state index contributed by atoms with van der Waals surface area (Å²) in [5.41, 5.74) is 0.721. The molecule has 0 N–H and O–H groups in total. The fourth-order valence-corrected chi connectivity index (χ4v) is 2.56.